The van der Waals surface area contributed by atoms with Crippen LogP contribution in [0.3, 0.4) is 0 Å². The summed E-state index contributed by atoms with van der Waals surface area (Å²) in [7, 11) is 1.65. The monoisotopic (exact) mass is 1160 g/mol. The van der Waals surface area contributed by atoms with Crippen molar-refractivity contribution in [1.29, 1.82) is 0 Å². The summed E-state index contributed by atoms with van der Waals surface area (Å²) in [4.78, 5) is 0. The van der Waals surface area contributed by atoms with Gasteiger partial charge in [-0.2, -0.15) is 0 Å². The highest BCUT2D eigenvalue weighted by Crippen LogP contribution is 2.71. The van der Waals surface area contributed by atoms with Gasteiger partial charge in [-0.1, -0.05) is 44.6 Å². The van der Waals surface area contributed by atoms with E-state index < -0.39 is 185 Å². The summed E-state index contributed by atoms with van der Waals surface area (Å²) in [6.07, 6.45) is -25.7. The van der Waals surface area contributed by atoms with Crippen molar-refractivity contribution in [1.82, 2.24) is 0 Å². The predicted octanol–water partition coefficient (Wildman–Crippen LogP) is -3.72. The minimum Gasteiger partial charge on any atom is -0.394 e. The van der Waals surface area contributed by atoms with E-state index in [1.54, 1.807) is 7.11 Å². The second-order valence-corrected chi connectivity index (χ2v) is 25.3. The van der Waals surface area contributed by atoms with Gasteiger partial charge in [0.25, 0.3) is 0 Å². The fourth-order valence-electron chi connectivity index (χ4n) is 15.9. The van der Waals surface area contributed by atoms with Gasteiger partial charge in [0, 0.05) is 31.3 Å². The summed E-state index contributed by atoms with van der Waals surface area (Å²) in [6, 6.07) is 0. The zero-order valence-corrected chi connectivity index (χ0v) is 46.5. The Labute approximate surface area is 469 Å². The molecule has 0 bridgehead atoms. The number of methoxy groups -OCH3 is 1. The van der Waals surface area contributed by atoms with E-state index in [4.69, 9.17) is 56.8 Å². The third kappa shape index (κ3) is 11.1. The Morgan fingerprint density at radius 1 is 0.716 bits per heavy atom. The zero-order chi connectivity index (χ0) is 58.4. The van der Waals surface area contributed by atoms with E-state index in [1.165, 1.54) is 6.92 Å². The lowest BCUT2D eigenvalue weighted by molar-refractivity contribution is -0.387. The normalized spacial score (nSPS) is 54.5. The smallest absolute Gasteiger partial charge is 0.187 e. The number of ether oxygens (including phenoxy) is 12. The molecule has 464 valence electrons. The molecule has 6 saturated heterocycles. The van der Waals surface area contributed by atoms with Crippen molar-refractivity contribution in [3.05, 3.63) is 23.8 Å². The number of hydrogen-bond donors (Lipinski definition) is 14. The highest BCUT2D eigenvalue weighted by atomic mass is 16.8. The Bertz CT molecular complexity index is 2200. The maximum atomic E-state index is 11.9. The standard InChI is InChI=1S/C55H88O26/c1-22(17-71-47-41(66)39(64)38(63)33(16-56)76-47)9-12-55(70-6)23(2)35-32(81-55)15-29-27-8-7-25-13-26(58)14-34(53(25,5)28(27)10-11-52(29,35)4)77-50-45(43(31(60)19-73-50)78-48-40(65)37(62)30(59)18-72-48)80-49-42(67)44(36(61)24(3)75-49)79-51-46(68)54(69,20-57)21-74-51/h7,23-24,26-51,56-69H,1,8-21H2,2-6H3. The lowest BCUT2D eigenvalue weighted by Gasteiger charge is -2.60. The molecular weight excluding hydrogens is 1080 g/mol. The third-order valence-corrected chi connectivity index (χ3v) is 20.7. The molecule has 10 rings (SSSR count). The van der Waals surface area contributed by atoms with Gasteiger partial charge >= 0.3 is 0 Å². The predicted molar refractivity (Wildman–Crippen MR) is 271 cm³/mol. The molecule has 0 amide bonds. The lowest BCUT2D eigenvalue weighted by atomic mass is 9.46. The zero-order valence-electron chi connectivity index (χ0n) is 46.5. The van der Waals surface area contributed by atoms with E-state index in [2.05, 4.69) is 33.4 Å². The van der Waals surface area contributed by atoms with Gasteiger partial charge in [-0.15, -0.1) is 0 Å². The molecule has 4 aliphatic carbocycles. The van der Waals surface area contributed by atoms with Crippen LogP contribution >= 0.6 is 0 Å². The maximum absolute atomic E-state index is 11.9. The van der Waals surface area contributed by atoms with Crippen LogP contribution in [0, 0.1) is 40.4 Å². The average molecular weight is 1170 g/mol. The van der Waals surface area contributed by atoms with Crippen LogP contribution < -0.4 is 0 Å². The fourth-order valence-corrected chi connectivity index (χ4v) is 15.9. The first-order valence-corrected chi connectivity index (χ1v) is 28.8. The topological polar surface area (TPSA) is 394 Å². The molecule has 26 nitrogen and oxygen atoms in total. The van der Waals surface area contributed by atoms with Gasteiger partial charge in [0.1, 0.15) is 91.1 Å². The van der Waals surface area contributed by atoms with Gasteiger partial charge in [0.05, 0.1) is 64.1 Å². The number of hydrogen-bond acceptors (Lipinski definition) is 26. The van der Waals surface area contributed by atoms with E-state index in [9.17, 15) is 71.5 Å². The minimum atomic E-state index is -2.09. The molecule has 32 atom stereocenters. The molecule has 0 aromatic rings. The Morgan fingerprint density at radius 2 is 1.41 bits per heavy atom. The Morgan fingerprint density at radius 3 is 2.11 bits per heavy atom. The van der Waals surface area contributed by atoms with Crippen LogP contribution in [0.15, 0.2) is 23.8 Å². The molecule has 3 saturated carbocycles. The molecule has 14 N–H and O–H groups in total. The second-order valence-electron chi connectivity index (χ2n) is 25.3. The van der Waals surface area contributed by atoms with Crippen LogP contribution in [0.5, 0.6) is 0 Å². The average Bonchev–Trinajstić information content (AvgIpc) is 2.09. The first-order valence-electron chi connectivity index (χ1n) is 28.8. The van der Waals surface area contributed by atoms with Crippen molar-refractivity contribution >= 4 is 0 Å². The van der Waals surface area contributed by atoms with Crippen LogP contribution in [0.2, 0.25) is 0 Å². The molecule has 0 spiro atoms. The summed E-state index contributed by atoms with van der Waals surface area (Å²) in [6.45, 7) is 9.51. The maximum Gasteiger partial charge on any atom is 0.187 e. The van der Waals surface area contributed by atoms with E-state index >= 15 is 0 Å². The minimum absolute atomic E-state index is 0.0303. The van der Waals surface area contributed by atoms with Crippen molar-refractivity contribution in [3.8, 4) is 0 Å². The van der Waals surface area contributed by atoms with Crippen molar-refractivity contribution in [2.45, 2.75) is 232 Å². The van der Waals surface area contributed by atoms with Gasteiger partial charge in [0.15, 0.2) is 37.2 Å². The molecular formula is C55H88O26. The van der Waals surface area contributed by atoms with Crippen molar-refractivity contribution in [2.24, 2.45) is 40.4 Å². The van der Waals surface area contributed by atoms with E-state index in [1.807, 2.05) is 0 Å². The molecule has 0 radical (unpaired) electrons. The summed E-state index contributed by atoms with van der Waals surface area (Å²) in [5, 5.41) is 150. The van der Waals surface area contributed by atoms with Gasteiger partial charge < -0.3 is 128 Å². The molecule has 26 heteroatoms. The van der Waals surface area contributed by atoms with Gasteiger partial charge in [0.2, 0.25) is 0 Å². The summed E-state index contributed by atoms with van der Waals surface area (Å²) >= 11 is 0. The van der Waals surface area contributed by atoms with Crippen LogP contribution in [0.1, 0.15) is 79.1 Å². The van der Waals surface area contributed by atoms with E-state index in [-0.39, 0.29) is 54.1 Å². The molecule has 10 aliphatic rings. The molecule has 6 heterocycles. The summed E-state index contributed by atoms with van der Waals surface area (Å²) in [5.41, 5.74) is -1.27. The molecule has 0 aromatic heterocycles. The van der Waals surface area contributed by atoms with Crippen molar-refractivity contribution < 1.29 is 128 Å². The molecule has 0 aromatic carbocycles. The highest BCUT2D eigenvalue weighted by Gasteiger charge is 2.69. The van der Waals surface area contributed by atoms with Crippen LogP contribution in [0.25, 0.3) is 0 Å². The number of allylic oxidation sites excluding steroid dienone is 1. The molecule has 81 heavy (non-hydrogen) atoms. The Kier molecular flexibility index (Phi) is 18.7. The number of aliphatic hydroxyl groups excluding tert-OH is 13. The SMILES string of the molecule is C=C(CCC1(OC)OC2CC3C4CC=C5CC(O)CC(OC6OCC(O)C(OC7OCC(O)C(O)C7O)C6OC6OC(C)C(O)C(OC7OCC(O)(CO)C7O)C6O)C5(C)C4CCC3(C)C2C1C)COC1OC(CO)C(O)C(O)C1O. The Hall–Kier alpha value is -1.56. The highest BCUT2D eigenvalue weighted by molar-refractivity contribution is 5.29. The largest absolute Gasteiger partial charge is 0.394 e. The lowest BCUT2D eigenvalue weighted by Crippen LogP contribution is -2.65. The van der Waals surface area contributed by atoms with Crippen LogP contribution in [-0.2, 0) is 56.8 Å². The van der Waals surface area contributed by atoms with Crippen molar-refractivity contribution in [2.75, 3.05) is 46.8 Å². The van der Waals surface area contributed by atoms with Crippen LogP contribution in [0.4, 0.5) is 0 Å². The van der Waals surface area contributed by atoms with Gasteiger partial charge in [-0.05, 0) is 74.5 Å². The molecule has 32 unspecified atom stereocenters. The van der Waals surface area contributed by atoms with E-state index in [0.29, 0.717) is 24.8 Å². The van der Waals surface area contributed by atoms with Gasteiger partial charge in [-0.3, -0.25) is 0 Å². The fraction of sp³-hybridized carbons (Fsp3) is 0.927. The van der Waals surface area contributed by atoms with Crippen molar-refractivity contribution in [3.63, 3.8) is 0 Å². The first kappa shape index (κ1) is 62.5. The number of fused-ring (bicyclic) bond motifs is 7. The quantitative estimate of drug-likeness (QED) is 0.0623. The van der Waals surface area contributed by atoms with Crippen LogP contribution in [-0.4, -0.2) is 271 Å². The number of rotatable bonds is 17. The molecule has 9 fully saturated rings. The van der Waals surface area contributed by atoms with E-state index in [0.717, 1.165) is 31.3 Å². The van der Waals surface area contributed by atoms with Gasteiger partial charge in [-0.25, -0.2) is 0 Å². The first-order chi connectivity index (χ1) is 38.3. The third-order valence-electron chi connectivity index (χ3n) is 20.7. The summed E-state index contributed by atoms with van der Waals surface area (Å²) in [5.74, 6) is -0.454. The molecule has 6 aliphatic heterocycles. The summed E-state index contributed by atoms with van der Waals surface area (Å²) < 4.78 is 73.8. The Balaban J connectivity index is 0.864. The number of aliphatic hydroxyl groups is 14. The second kappa shape index (κ2) is 24.2.